The highest BCUT2D eigenvalue weighted by Gasteiger charge is 2.34. The topological polar surface area (TPSA) is 201 Å². The number of alkyl halides is 6. The summed E-state index contributed by atoms with van der Waals surface area (Å²) in [7, 11) is 1.24. The van der Waals surface area contributed by atoms with Gasteiger partial charge in [0.05, 0.1) is 40.7 Å². The van der Waals surface area contributed by atoms with Crippen molar-refractivity contribution in [2.45, 2.75) is 12.4 Å². The van der Waals surface area contributed by atoms with Crippen LogP contribution in [0.5, 0.6) is 0 Å². The molecule has 8 aromatic rings. The molecular formula is C45H28Cl2F8N12O4. The average molecular weight is 1020 g/mol. The molecule has 362 valence electrons. The smallest absolute Gasteiger partial charge is 0.419 e. The number of pyridine rings is 2. The van der Waals surface area contributed by atoms with Crippen molar-refractivity contribution in [2.75, 3.05) is 17.7 Å². The van der Waals surface area contributed by atoms with Crippen LogP contribution in [0.2, 0.25) is 10.0 Å². The first-order valence-corrected chi connectivity index (χ1v) is 20.5. The molecule has 0 radical (unpaired) electrons. The number of hydrogen-bond donors (Lipinski definition) is 3. The number of carbonyl (C=O) groups is 2. The standard InChI is InChI=1S/C23H15ClF4N6O2.C22H13ClF4N6O2/c1-36-20(35)5-2-13-6-14(9-29-8-13)17-11-30-22(32-16-3-4-19(25)18(24)7-16)33-21(17)34-12-15(10-31-34)23(26,27)28;23-17-6-15(2-3-18(17)24)31-21-29-10-16(13-5-12(7-28-8-13)1-4-19(34)35)20(32-21)33-11-14(9-30-33)22(25,26)27/h2-12H,1H3,(H,30,32,33);1-11H,(H,34,35)(H,29,31,32)/b5-2+;4-1+. The van der Waals surface area contributed by atoms with Crippen molar-refractivity contribution >= 4 is 70.6 Å². The van der Waals surface area contributed by atoms with E-state index < -0.39 is 47.1 Å². The van der Waals surface area contributed by atoms with Crippen LogP contribution < -0.4 is 10.6 Å². The predicted octanol–water partition coefficient (Wildman–Crippen LogP) is 10.8. The first-order chi connectivity index (χ1) is 33.7. The maximum Gasteiger partial charge on any atom is 0.419 e. The van der Waals surface area contributed by atoms with Crippen LogP contribution >= 0.6 is 23.2 Å². The number of carboxylic acid groups (broad SMARTS) is 1. The average Bonchev–Trinajstić information content (AvgIpc) is 4.06. The van der Waals surface area contributed by atoms with Crippen molar-refractivity contribution in [1.29, 1.82) is 0 Å². The summed E-state index contributed by atoms with van der Waals surface area (Å²) in [6.45, 7) is 0. The number of aromatic nitrogens is 10. The molecule has 3 N–H and O–H groups in total. The minimum absolute atomic E-state index is 0.00446. The molecule has 0 aliphatic rings. The molecular weight excluding hydrogens is 995 g/mol. The van der Waals surface area contributed by atoms with Crippen molar-refractivity contribution in [2.24, 2.45) is 0 Å². The molecule has 8 rings (SSSR count). The number of nitrogens with zero attached hydrogens (tertiary/aromatic N) is 10. The van der Waals surface area contributed by atoms with E-state index in [4.69, 9.17) is 28.3 Å². The van der Waals surface area contributed by atoms with E-state index in [1.54, 1.807) is 12.1 Å². The minimum atomic E-state index is -4.62. The second-order valence-corrected chi connectivity index (χ2v) is 15.1. The number of hydrogen-bond acceptors (Lipinski definition) is 13. The van der Waals surface area contributed by atoms with E-state index in [1.165, 1.54) is 86.8 Å². The number of carbonyl (C=O) groups excluding carboxylic acids is 1. The van der Waals surface area contributed by atoms with Crippen LogP contribution in [0.25, 0.3) is 46.0 Å². The van der Waals surface area contributed by atoms with Gasteiger partial charge in [0, 0.05) is 95.4 Å². The van der Waals surface area contributed by atoms with E-state index in [2.05, 4.69) is 55.5 Å². The molecule has 6 heterocycles. The molecule has 0 bridgehead atoms. The van der Waals surface area contributed by atoms with Gasteiger partial charge in [-0.3, -0.25) is 9.97 Å². The van der Waals surface area contributed by atoms with Crippen molar-refractivity contribution in [3.8, 4) is 33.9 Å². The highest BCUT2D eigenvalue weighted by atomic mass is 35.5. The Hall–Kier alpha value is -8.64. The number of nitrogens with one attached hydrogen (secondary N) is 2. The van der Waals surface area contributed by atoms with E-state index in [-0.39, 0.29) is 39.1 Å². The summed E-state index contributed by atoms with van der Waals surface area (Å²) in [5, 5.41) is 21.8. The number of esters is 1. The van der Waals surface area contributed by atoms with Crippen LogP contribution in [0.4, 0.5) is 58.4 Å². The lowest BCUT2D eigenvalue weighted by molar-refractivity contribution is -0.138. The second kappa shape index (κ2) is 21.3. The summed E-state index contributed by atoms with van der Waals surface area (Å²) in [6.07, 6.45) is 7.02. The monoisotopic (exact) mass is 1020 g/mol. The van der Waals surface area contributed by atoms with E-state index >= 15 is 0 Å². The van der Waals surface area contributed by atoms with Crippen molar-refractivity contribution < 1.29 is 54.6 Å². The maximum absolute atomic E-state index is 13.5. The Morgan fingerprint density at radius 3 is 1.45 bits per heavy atom. The molecule has 16 nitrogen and oxygen atoms in total. The molecule has 0 fully saturated rings. The molecule has 0 atom stereocenters. The van der Waals surface area contributed by atoms with Crippen LogP contribution in [0.3, 0.4) is 0 Å². The third-order valence-electron chi connectivity index (χ3n) is 9.31. The van der Waals surface area contributed by atoms with Gasteiger partial charge in [0.25, 0.3) is 0 Å². The molecule has 2 aromatic carbocycles. The van der Waals surface area contributed by atoms with Gasteiger partial charge in [-0.05, 0) is 71.8 Å². The Morgan fingerprint density at radius 2 is 1.07 bits per heavy atom. The highest BCUT2D eigenvalue weighted by molar-refractivity contribution is 6.31. The summed E-state index contributed by atoms with van der Waals surface area (Å²) in [6, 6.07) is 10.9. The molecule has 0 saturated heterocycles. The van der Waals surface area contributed by atoms with Crippen LogP contribution in [0, 0.1) is 11.6 Å². The molecule has 0 spiro atoms. The third kappa shape index (κ3) is 12.9. The Balaban J connectivity index is 0.000000209. The number of halogens is 10. The molecule has 26 heteroatoms. The Kier molecular flexibility index (Phi) is 15.1. The van der Waals surface area contributed by atoms with Gasteiger partial charge in [-0.1, -0.05) is 23.2 Å². The van der Waals surface area contributed by atoms with Gasteiger partial charge >= 0.3 is 24.3 Å². The normalized spacial score (nSPS) is 11.6. The lowest BCUT2D eigenvalue weighted by Gasteiger charge is -2.12. The number of benzene rings is 2. The van der Waals surface area contributed by atoms with Crippen LogP contribution in [-0.2, 0) is 26.7 Å². The summed E-state index contributed by atoms with van der Waals surface area (Å²) >= 11 is 11.6. The lowest BCUT2D eigenvalue weighted by Crippen LogP contribution is -2.07. The molecule has 0 aliphatic carbocycles. The quantitative estimate of drug-likeness (QED) is 0.0593. The third-order valence-corrected chi connectivity index (χ3v) is 9.89. The number of ether oxygens (including phenoxy) is 1. The van der Waals surface area contributed by atoms with E-state index in [0.29, 0.717) is 51.6 Å². The largest absolute Gasteiger partial charge is 0.478 e. The summed E-state index contributed by atoms with van der Waals surface area (Å²) < 4.78 is 113. The molecule has 6 aromatic heterocycles. The van der Waals surface area contributed by atoms with Gasteiger partial charge in [0.1, 0.15) is 11.6 Å². The van der Waals surface area contributed by atoms with Crippen LogP contribution in [0.1, 0.15) is 22.3 Å². The Labute approximate surface area is 404 Å². The highest BCUT2D eigenvalue weighted by Crippen LogP contribution is 2.34. The van der Waals surface area contributed by atoms with Gasteiger partial charge in [0.2, 0.25) is 11.9 Å². The van der Waals surface area contributed by atoms with Crippen LogP contribution in [0.15, 0.2) is 123 Å². The molecule has 71 heavy (non-hydrogen) atoms. The fraction of sp³-hybridized carbons (Fsp3) is 0.0667. The molecule has 0 unspecified atom stereocenters. The van der Waals surface area contributed by atoms with E-state index in [1.807, 2.05) is 0 Å². The fourth-order valence-corrected chi connectivity index (χ4v) is 6.35. The van der Waals surface area contributed by atoms with Crippen molar-refractivity contribution in [3.63, 3.8) is 0 Å². The first-order valence-electron chi connectivity index (χ1n) is 19.7. The summed E-state index contributed by atoms with van der Waals surface area (Å²) in [5.74, 6) is -3.03. The Morgan fingerprint density at radius 1 is 0.634 bits per heavy atom. The molecule has 0 amide bonds. The SMILES string of the molecule is COC(=O)/C=C/c1cncc(-c2cnc(Nc3ccc(F)c(Cl)c3)nc2-n2cc(C(F)(F)F)cn2)c1.O=C(O)/C=C/c1cncc(-c2cnc(Nc3ccc(F)c(Cl)c3)nc2-n2cc(C(F)(F)F)cn2)c1. The van der Waals surface area contributed by atoms with Gasteiger partial charge < -0.3 is 20.5 Å². The zero-order valence-electron chi connectivity index (χ0n) is 35.6. The van der Waals surface area contributed by atoms with Crippen molar-refractivity contribution in [3.05, 3.63) is 167 Å². The van der Waals surface area contributed by atoms with Gasteiger partial charge in [-0.25, -0.2) is 37.7 Å². The Bertz CT molecular complexity index is 3330. The number of carboxylic acids is 1. The predicted molar refractivity (Wildman–Crippen MR) is 242 cm³/mol. The van der Waals surface area contributed by atoms with E-state index in [9.17, 15) is 44.7 Å². The first kappa shape index (κ1) is 50.2. The van der Waals surface area contributed by atoms with E-state index in [0.717, 1.165) is 40.0 Å². The van der Waals surface area contributed by atoms with Gasteiger partial charge in [-0.2, -0.15) is 46.5 Å². The minimum Gasteiger partial charge on any atom is -0.478 e. The van der Waals surface area contributed by atoms with Gasteiger partial charge in [-0.15, -0.1) is 0 Å². The fourth-order valence-electron chi connectivity index (χ4n) is 5.99. The number of aliphatic carboxylic acids is 1. The maximum atomic E-state index is 13.5. The molecule has 0 aliphatic heterocycles. The van der Waals surface area contributed by atoms with Crippen molar-refractivity contribution in [1.82, 2.24) is 49.5 Å². The van der Waals surface area contributed by atoms with Gasteiger partial charge in [0.15, 0.2) is 11.6 Å². The second-order valence-electron chi connectivity index (χ2n) is 14.3. The van der Waals surface area contributed by atoms with Crippen LogP contribution in [-0.4, -0.2) is 73.6 Å². The molecule has 0 saturated carbocycles. The lowest BCUT2D eigenvalue weighted by atomic mass is 10.1. The zero-order valence-corrected chi connectivity index (χ0v) is 37.1. The summed E-state index contributed by atoms with van der Waals surface area (Å²) in [5.41, 5.74) is 1.09. The number of anilines is 4. The number of methoxy groups -OCH3 is 1. The number of rotatable bonds is 12. The summed E-state index contributed by atoms with van der Waals surface area (Å²) in [4.78, 5) is 47.4. The zero-order chi connectivity index (χ0) is 51.0.